The highest BCUT2D eigenvalue weighted by Crippen LogP contribution is 2.11. The highest BCUT2D eigenvalue weighted by atomic mass is 16.4. The average molecular weight is 202 g/mol. The largest absolute Gasteiger partial charge is 0.477 e. The fourth-order valence-electron chi connectivity index (χ4n) is 1.39. The van der Waals surface area contributed by atoms with Crippen LogP contribution in [0, 0.1) is 0 Å². The van der Waals surface area contributed by atoms with E-state index in [-0.39, 0.29) is 5.78 Å². The summed E-state index contributed by atoms with van der Waals surface area (Å²) in [6, 6.07) is -0.422. The second-order valence-corrected chi connectivity index (χ2v) is 4.56. The molecular formula is C10H20NO3+. The first-order valence-electron chi connectivity index (χ1n) is 4.78. The van der Waals surface area contributed by atoms with E-state index in [1.165, 1.54) is 6.92 Å². The van der Waals surface area contributed by atoms with Gasteiger partial charge in [0.1, 0.15) is 5.78 Å². The van der Waals surface area contributed by atoms with Crippen LogP contribution in [-0.2, 0) is 9.59 Å². The molecule has 82 valence electrons. The molecule has 4 heteroatoms. The molecule has 0 saturated heterocycles. The first-order chi connectivity index (χ1) is 6.25. The van der Waals surface area contributed by atoms with E-state index in [9.17, 15) is 9.59 Å². The molecule has 0 spiro atoms. The van der Waals surface area contributed by atoms with Gasteiger partial charge in [-0.1, -0.05) is 0 Å². The van der Waals surface area contributed by atoms with Crippen molar-refractivity contribution in [1.82, 2.24) is 0 Å². The molecule has 0 heterocycles. The van der Waals surface area contributed by atoms with Crippen molar-refractivity contribution in [2.75, 3.05) is 21.1 Å². The van der Waals surface area contributed by atoms with Gasteiger partial charge in [0, 0.05) is 12.8 Å². The lowest BCUT2D eigenvalue weighted by Gasteiger charge is -2.30. The van der Waals surface area contributed by atoms with Gasteiger partial charge < -0.3 is 14.4 Å². The first-order valence-corrected chi connectivity index (χ1v) is 4.78. The van der Waals surface area contributed by atoms with Crippen molar-refractivity contribution in [2.24, 2.45) is 0 Å². The average Bonchev–Trinajstić information content (AvgIpc) is 1.94. The zero-order valence-corrected chi connectivity index (χ0v) is 9.41. The van der Waals surface area contributed by atoms with Gasteiger partial charge in [-0.15, -0.1) is 0 Å². The van der Waals surface area contributed by atoms with Gasteiger partial charge >= 0.3 is 5.97 Å². The van der Waals surface area contributed by atoms with Gasteiger partial charge in [0.05, 0.1) is 21.1 Å². The molecule has 0 aromatic rings. The monoisotopic (exact) mass is 202 g/mol. The van der Waals surface area contributed by atoms with Crippen LogP contribution >= 0.6 is 0 Å². The number of likely N-dealkylation sites (N-methyl/N-ethyl adjacent to an activating group) is 1. The normalized spacial score (nSPS) is 13.7. The summed E-state index contributed by atoms with van der Waals surface area (Å²) < 4.78 is 0.396. The van der Waals surface area contributed by atoms with Gasteiger partial charge in [0.15, 0.2) is 6.04 Å². The summed E-state index contributed by atoms with van der Waals surface area (Å²) in [6.07, 6.45) is 1.68. The quantitative estimate of drug-likeness (QED) is 0.651. The summed E-state index contributed by atoms with van der Waals surface area (Å²) in [6.45, 7) is 1.53. The van der Waals surface area contributed by atoms with Crippen molar-refractivity contribution >= 4 is 11.8 Å². The van der Waals surface area contributed by atoms with Crippen LogP contribution in [0.25, 0.3) is 0 Å². The number of nitrogens with zero attached hydrogens (tertiary/aromatic N) is 1. The molecule has 0 aliphatic heterocycles. The third-order valence-electron chi connectivity index (χ3n) is 2.23. The predicted octanol–water partition coefficient (Wildman–Crippen LogP) is 0.905. The Morgan fingerprint density at radius 3 is 2.07 bits per heavy atom. The molecule has 0 bridgehead atoms. The van der Waals surface area contributed by atoms with E-state index in [0.717, 1.165) is 0 Å². The number of ketones is 1. The van der Waals surface area contributed by atoms with Gasteiger partial charge in [-0.3, -0.25) is 0 Å². The second kappa shape index (κ2) is 5.10. The van der Waals surface area contributed by atoms with Gasteiger partial charge in [-0.2, -0.15) is 0 Å². The molecule has 0 unspecified atom stereocenters. The Kier molecular flexibility index (Phi) is 4.77. The van der Waals surface area contributed by atoms with Crippen molar-refractivity contribution in [3.05, 3.63) is 0 Å². The van der Waals surface area contributed by atoms with Gasteiger partial charge in [-0.05, 0) is 13.3 Å². The van der Waals surface area contributed by atoms with E-state index >= 15 is 0 Å². The molecular weight excluding hydrogens is 182 g/mol. The summed E-state index contributed by atoms with van der Waals surface area (Å²) in [7, 11) is 5.56. The lowest BCUT2D eigenvalue weighted by atomic mass is 10.1. The van der Waals surface area contributed by atoms with E-state index in [4.69, 9.17) is 5.11 Å². The van der Waals surface area contributed by atoms with Crippen LogP contribution in [0.4, 0.5) is 0 Å². The number of hydrogen-bond acceptors (Lipinski definition) is 2. The molecule has 0 radical (unpaired) electrons. The van der Waals surface area contributed by atoms with Gasteiger partial charge in [0.25, 0.3) is 0 Å². The lowest BCUT2D eigenvalue weighted by Crippen LogP contribution is -2.49. The molecule has 0 aliphatic carbocycles. The third kappa shape index (κ3) is 4.97. The lowest BCUT2D eigenvalue weighted by molar-refractivity contribution is -0.887. The SMILES string of the molecule is CC(=O)CCC[C@H](C(=O)O)[N+](C)(C)C. The molecule has 0 aromatic carbocycles. The second-order valence-electron chi connectivity index (χ2n) is 4.56. The minimum atomic E-state index is -0.791. The Hall–Kier alpha value is -0.900. The molecule has 14 heavy (non-hydrogen) atoms. The predicted molar refractivity (Wildman–Crippen MR) is 54.0 cm³/mol. The highest BCUT2D eigenvalue weighted by molar-refractivity contribution is 5.75. The zero-order chi connectivity index (χ0) is 11.4. The van der Waals surface area contributed by atoms with Gasteiger partial charge in [0.2, 0.25) is 0 Å². The van der Waals surface area contributed by atoms with E-state index in [2.05, 4.69) is 0 Å². The van der Waals surface area contributed by atoms with Crippen molar-refractivity contribution in [3.63, 3.8) is 0 Å². The number of carbonyl (C=O) groups is 2. The minimum Gasteiger partial charge on any atom is -0.477 e. The molecule has 0 aromatic heterocycles. The maximum absolute atomic E-state index is 10.9. The molecule has 0 saturated carbocycles. The van der Waals surface area contributed by atoms with Gasteiger partial charge in [-0.25, -0.2) is 4.79 Å². The number of quaternary nitrogens is 1. The number of rotatable bonds is 6. The number of carboxylic acid groups (broad SMARTS) is 1. The Labute approximate surface area is 85.1 Å². The fourth-order valence-corrected chi connectivity index (χ4v) is 1.39. The van der Waals surface area contributed by atoms with Crippen LogP contribution in [0.15, 0.2) is 0 Å². The molecule has 1 N–H and O–H groups in total. The summed E-state index contributed by atoms with van der Waals surface area (Å²) in [5, 5.41) is 8.97. The van der Waals surface area contributed by atoms with Crippen LogP contribution in [0.1, 0.15) is 26.2 Å². The van der Waals surface area contributed by atoms with Crippen LogP contribution < -0.4 is 0 Å². The summed E-state index contributed by atoms with van der Waals surface area (Å²) in [5.74, 6) is -0.670. The van der Waals surface area contributed by atoms with E-state index in [1.807, 2.05) is 21.1 Å². The van der Waals surface area contributed by atoms with Crippen LogP contribution in [0.5, 0.6) is 0 Å². The standard InChI is InChI=1S/C10H19NO3/c1-8(12)6-5-7-9(10(13)14)11(2,3)4/h9H,5-7H2,1-4H3/p+1/t9-/m1/s1. The summed E-state index contributed by atoms with van der Waals surface area (Å²) in [4.78, 5) is 21.6. The number of Topliss-reactive ketones (excluding diaryl/α,β-unsaturated/α-hetero) is 1. The van der Waals surface area contributed by atoms with E-state index in [1.54, 1.807) is 0 Å². The van der Waals surface area contributed by atoms with E-state index in [0.29, 0.717) is 23.7 Å². The molecule has 0 amide bonds. The van der Waals surface area contributed by atoms with Crippen LogP contribution in [0.2, 0.25) is 0 Å². The molecule has 0 rings (SSSR count). The number of hydrogen-bond donors (Lipinski definition) is 1. The van der Waals surface area contributed by atoms with E-state index < -0.39 is 12.0 Å². The fraction of sp³-hybridized carbons (Fsp3) is 0.800. The Morgan fingerprint density at radius 2 is 1.79 bits per heavy atom. The summed E-state index contributed by atoms with van der Waals surface area (Å²) >= 11 is 0. The number of carboxylic acids is 1. The summed E-state index contributed by atoms with van der Waals surface area (Å²) in [5.41, 5.74) is 0. The third-order valence-corrected chi connectivity index (χ3v) is 2.23. The molecule has 4 nitrogen and oxygen atoms in total. The zero-order valence-electron chi connectivity index (χ0n) is 9.41. The topological polar surface area (TPSA) is 54.4 Å². The molecule has 0 fully saturated rings. The minimum absolute atomic E-state index is 0.121. The van der Waals surface area contributed by atoms with Crippen LogP contribution in [0.3, 0.4) is 0 Å². The number of carbonyl (C=O) groups excluding carboxylic acids is 1. The Balaban J connectivity index is 4.13. The Bertz CT molecular complexity index is 218. The maximum atomic E-state index is 10.9. The highest BCUT2D eigenvalue weighted by Gasteiger charge is 2.30. The number of aliphatic carboxylic acids is 1. The first kappa shape index (κ1) is 13.1. The maximum Gasteiger partial charge on any atom is 0.362 e. The van der Waals surface area contributed by atoms with Crippen LogP contribution in [-0.4, -0.2) is 48.5 Å². The smallest absolute Gasteiger partial charge is 0.362 e. The van der Waals surface area contributed by atoms with Crippen molar-refractivity contribution in [3.8, 4) is 0 Å². The molecule has 1 atom stereocenters. The molecule has 0 aliphatic rings. The Morgan fingerprint density at radius 1 is 1.29 bits per heavy atom. The van der Waals surface area contributed by atoms with Crippen molar-refractivity contribution in [1.29, 1.82) is 0 Å². The van der Waals surface area contributed by atoms with Crippen molar-refractivity contribution in [2.45, 2.75) is 32.2 Å². The van der Waals surface area contributed by atoms with Crippen molar-refractivity contribution < 1.29 is 19.2 Å².